The van der Waals surface area contributed by atoms with Crippen LogP contribution in [0.2, 0.25) is 0 Å². The molecule has 0 aliphatic heterocycles. The molecule has 12 heavy (non-hydrogen) atoms. The molecule has 5 aliphatic rings. The summed E-state index contributed by atoms with van der Waals surface area (Å²) in [6, 6.07) is 0. The van der Waals surface area contributed by atoms with Crippen molar-refractivity contribution in [3.05, 3.63) is 34.4 Å². The molecule has 0 nitrogen and oxygen atoms in total. The predicted molar refractivity (Wildman–Crippen MR) is 46.4 cm³/mol. The average Bonchev–Trinajstić information content (AvgIpc) is 2.34. The van der Waals surface area contributed by atoms with E-state index in [4.69, 9.17) is 0 Å². The highest BCUT2D eigenvalue weighted by Gasteiger charge is 2.66. The average molecular weight is 154 g/mol. The zero-order valence-corrected chi connectivity index (χ0v) is 6.88. The first-order valence-electron chi connectivity index (χ1n) is 5.08. The number of hydrogen-bond acceptors (Lipinski definition) is 0. The molecule has 0 aromatic carbocycles. The lowest BCUT2D eigenvalue weighted by Crippen LogP contribution is -2.58. The molecule has 0 N–H and O–H groups in total. The quantitative estimate of drug-likeness (QED) is 0.502. The second-order valence-electron chi connectivity index (χ2n) is 5.02. The maximum Gasteiger partial charge on any atom is -0.00535 e. The molecule has 58 valence electrons. The van der Waals surface area contributed by atoms with E-state index in [0.717, 1.165) is 23.7 Å². The largest absolute Gasteiger partial charge is 0.0616 e. The molecule has 0 radical (unpaired) electrons. The SMILES string of the molecule is C1=C2C=C3C(C2)C2C4=C1CC4C32. The van der Waals surface area contributed by atoms with Crippen LogP contribution in [0.3, 0.4) is 0 Å². The number of fused-ring (bicyclic) bond motifs is 3. The molecule has 0 heterocycles. The van der Waals surface area contributed by atoms with Gasteiger partial charge in [0.1, 0.15) is 0 Å². The molecule has 0 aromatic heterocycles. The third kappa shape index (κ3) is 0.279. The van der Waals surface area contributed by atoms with Crippen molar-refractivity contribution < 1.29 is 0 Å². The minimum atomic E-state index is 0.991. The van der Waals surface area contributed by atoms with Crippen LogP contribution >= 0.6 is 0 Å². The lowest BCUT2D eigenvalue weighted by molar-refractivity contribution is 0.0476. The van der Waals surface area contributed by atoms with Crippen LogP contribution in [0.25, 0.3) is 0 Å². The van der Waals surface area contributed by atoms with Gasteiger partial charge in [-0.1, -0.05) is 23.3 Å². The fraction of sp³-hybridized carbons (Fsp3) is 0.500. The van der Waals surface area contributed by atoms with E-state index in [1.54, 1.807) is 11.1 Å². The van der Waals surface area contributed by atoms with E-state index < -0.39 is 0 Å². The van der Waals surface area contributed by atoms with Gasteiger partial charge in [0.2, 0.25) is 0 Å². The molecule has 2 saturated carbocycles. The first-order chi connectivity index (χ1) is 5.93. The van der Waals surface area contributed by atoms with Gasteiger partial charge in [0.25, 0.3) is 0 Å². The van der Waals surface area contributed by atoms with E-state index >= 15 is 0 Å². The molecule has 5 aliphatic carbocycles. The second kappa shape index (κ2) is 1.17. The molecule has 4 unspecified atom stereocenters. The van der Waals surface area contributed by atoms with Gasteiger partial charge in [-0.25, -0.2) is 0 Å². The van der Waals surface area contributed by atoms with Crippen LogP contribution in [0.4, 0.5) is 0 Å². The first kappa shape index (κ1) is 5.06. The Bertz CT molecular complexity index is 419. The summed E-state index contributed by atoms with van der Waals surface area (Å²) in [4.78, 5) is 0. The van der Waals surface area contributed by atoms with Crippen molar-refractivity contribution in [1.29, 1.82) is 0 Å². The molecule has 0 heteroatoms. The zero-order valence-electron chi connectivity index (χ0n) is 6.88. The normalized spacial score (nSPS) is 54.7. The van der Waals surface area contributed by atoms with Crippen LogP contribution in [-0.2, 0) is 0 Å². The molecule has 2 bridgehead atoms. The summed E-state index contributed by atoms with van der Waals surface area (Å²) in [5.41, 5.74) is 7.09. The summed E-state index contributed by atoms with van der Waals surface area (Å²) in [5, 5.41) is 0. The topological polar surface area (TPSA) is 0 Å². The maximum absolute atomic E-state index is 2.51. The van der Waals surface area contributed by atoms with Crippen LogP contribution in [0.5, 0.6) is 0 Å². The summed E-state index contributed by atoms with van der Waals surface area (Å²) >= 11 is 0. The minimum Gasteiger partial charge on any atom is -0.0616 e. The molecule has 5 rings (SSSR count). The van der Waals surface area contributed by atoms with E-state index in [-0.39, 0.29) is 0 Å². The van der Waals surface area contributed by atoms with Crippen LogP contribution in [0.15, 0.2) is 34.4 Å². The monoisotopic (exact) mass is 154 g/mol. The molecule has 0 aromatic rings. The standard InChI is InChI=1S/C12H10/c1-5-2-7-8(3-5)12-10-6(1)4-9(10)11(7)12/h1-2,8-9,11-12H,3-4H2. The highest BCUT2D eigenvalue weighted by molar-refractivity contribution is 5.62. The van der Waals surface area contributed by atoms with Gasteiger partial charge in [-0.05, 0) is 47.7 Å². The Kier molecular flexibility index (Phi) is 0.494. The van der Waals surface area contributed by atoms with Crippen LogP contribution in [0.1, 0.15) is 12.8 Å². The Morgan fingerprint density at radius 2 is 2.00 bits per heavy atom. The maximum atomic E-state index is 2.51. The third-order valence-corrected chi connectivity index (χ3v) is 4.80. The summed E-state index contributed by atoms with van der Waals surface area (Å²) in [7, 11) is 0. The van der Waals surface area contributed by atoms with E-state index in [1.807, 2.05) is 11.1 Å². The van der Waals surface area contributed by atoms with Gasteiger partial charge in [-0.3, -0.25) is 0 Å². The zero-order chi connectivity index (χ0) is 7.45. The van der Waals surface area contributed by atoms with Crippen molar-refractivity contribution in [2.45, 2.75) is 12.8 Å². The van der Waals surface area contributed by atoms with Gasteiger partial charge in [0.15, 0.2) is 0 Å². The highest BCUT2D eigenvalue weighted by Crippen LogP contribution is 2.75. The Morgan fingerprint density at radius 3 is 3.00 bits per heavy atom. The molecule has 0 saturated heterocycles. The Balaban J connectivity index is 1.96. The summed E-state index contributed by atoms with van der Waals surface area (Å²) in [6.07, 6.45) is 7.80. The molecule has 2 fully saturated rings. The van der Waals surface area contributed by atoms with Gasteiger partial charge in [0, 0.05) is 0 Å². The second-order valence-corrected chi connectivity index (χ2v) is 5.02. The fourth-order valence-corrected chi connectivity index (χ4v) is 4.36. The highest BCUT2D eigenvalue weighted by atomic mass is 14.7. The molecular formula is C12H10. The van der Waals surface area contributed by atoms with Gasteiger partial charge >= 0.3 is 0 Å². The van der Waals surface area contributed by atoms with E-state index in [1.165, 1.54) is 12.8 Å². The third-order valence-electron chi connectivity index (χ3n) is 4.80. The lowest BCUT2D eigenvalue weighted by Gasteiger charge is -2.65. The summed E-state index contributed by atoms with van der Waals surface area (Å²) in [6.45, 7) is 0. The van der Waals surface area contributed by atoms with Crippen LogP contribution in [0, 0.1) is 23.7 Å². The molecule has 0 spiro atoms. The van der Waals surface area contributed by atoms with E-state index in [9.17, 15) is 0 Å². The van der Waals surface area contributed by atoms with Gasteiger partial charge in [-0.15, -0.1) is 0 Å². The van der Waals surface area contributed by atoms with Crippen molar-refractivity contribution in [3.8, 4) is 0 Å². The van der Waals surface area contributed by atoms with Gasteiger partial charge < -0.3 is 0 Å². The van der Waals surface area contributed by atoms with Crippen molar-refractivity contribution in [2.75, 3.05) is 0 Å². The van der Waals surface area contributed by atoms with Crippen LogP contribution < -0.4 is 0 Å². The van der Waals surface area contributed by atoms with Crippen molar-refractivity contribution in [1.82, 2.24) is 0 Å². The summed E-state index contributed by atoms with van der Waals surface area (Å²) < 4.78 is 0. The Labute approximate surface area is 71.7 Å². The minimum absolute atomic E-state index is 0.991. The van der Waals surface area contributed by atoms with Crippen LogP contribution in [-0.4, -0.2) is 0 Å². The Hall–Kier alpha value is -0.780. The van der Waals surface area contributed by atoms with E-state index in [0.29, 0.717) is 0 Å². The van der Waals surface area contributed by atoms with Crippen molar-refractivity contribution in [3.63, 3.8) is 0 Å². The lowest BCUT2D eigenvalue weighted by atomic mass is 9.38. The molecule has 0 amide bonds. The van der Waals surface area contributed by atoms with E-state index in [2.05, 4.69) is 12.2 Å². The first-order valence-corrected chi connectivity index (χ1v) is 5.08. The van der Waals surface area contributed by atoms with Crippen molar-refractivity contribution in [2.24, 2.45) is 23.7 Å². The Morgan fingerprint density at radius 1 is 1.00 bits per heavy atom. The molecule has 4 atom stereocenters. The number of hydrogen-bond donors (Lipinski definition) is 0. The number of allylic oxidation sites excluding steroid dienone is 6. The smallest absolute Gasteiger partial charge is 0.00535 e. The van der Waals surface area contributed by atoms with Gasteiger partial charge in [-0.2, -0.15) is 0 Å². The van der Waals surface area contributed by atoms with Gasteiger partial charge in [0.05, 0.1) is 0 Å². The number of rotatable bonds is 0. The molecular weight excluding hydrogens is 144 g/mol. The van der Waals surface area contributed by atoms with Crippen molar-refractivity contribution >= 4 is 0 Å². The predicted octanol–water partition coefficient (Wildman–Crippen LogP) is 2.45. The summed E-state index contributed by atoms with van der Waals surface area (Å²) in [5.74, 6) is 4.11. The fourth-order valence-electron chi connectivity index (χ4n) is 4.36.